The Balaban J connectivity index is 1.85. The second kappa shape index (κ2) is 9.44. The number of benzene rings is 2. The largest absolute Gasteiger partial charge is 0.573 e. The molecule has 10 heteroatoms. The third-order valence-electron chi connectivity index (χ3n) is 5.76. The average Bonchev–Trinajstić information content (AvgIpc) is 3.09. The molecule has 0 unspecified atom stereocenters. The maximum Gasteiger partial charge on any atom is 0.573 e. The Labute approximate surface area is 204 Å². The fraction of sp³-hybridized carbons (Fsp3) is 0.231. The van der Waals surface area contributed by atoms with Crippen molar-refractivity contribution in [3.05, 3.63) is 88.6 Å². The standard InChI is InChI=1S/C26H22F3N3O4/c1-14(2)16-5-7-18(8-6-16)23(33)21-22(17-9-11-19(12-10-17)36-26(27,28)29)32(25(35)24(21)34)20-13-4-15(3)30-31-20/h4-14,22,33H,1-3H3/t22-/m1/s1. The van der Waals surface area contributed by atoms with Crippen LogP contribution < -0.4 is 9.64 Å². The number of amides is 1. The molecule has 1 amide bonds. The predicted octanol–water partition coefficient (Wildman–Crippen LogP) is 5.43. The lowest BCUT2D eigenvalue weighted by atomic mass is 9.94. The number of hydrogen-bond donors (Lipinski definition) is 1. The predicted molar refractivity (Wildman–Crippen MR) is 125 cm³/mol. The van der Waals surface area contributed by atoms with Crippen LogP contribution in [0.25, 0.3) is 5.76 Å². The van der Waals surface area contributed by atoms with E-state index in [0.29, 0.717) is 11.3 Å². The van der Waals surface area contributed by atoms with Crippen LogP contribution in [0.5, 0.6) is 5.75 Å². The number of anilines is 1. The topological polar surface area (TPSA) is 92.6 Å². The SMILES string of the molecule is Cc1ccc(N2C(=O)C(=O)C(=C(O)c3ccc(C(C)C)cc3)[C@H]2c2ccc(OC(F)(F)F)cc2)nn1. The number of Topliss-reactive ketones (excluding diaryl/α,β-unsaturated/α-hetero) is 1. The molecule has 0 bridgehead atoms. The van der Waals surface area contributed by atoms with Crippen LogP contribution in [0.4, 0.5) is 19.0 Å². The van der Waals surface area contributed by atoms with Gasteiger partial charge in [0.15, 0.2) is 5.82 Å². The molecule has 1 aliphatic heterocycles. The Morgan fingerprint density at radius 2 is 1.61 bits per heavy atom. The lowest BCUT2D eigenvalue weighted by Gasteiger charge is -2.24. The quantitative estimate of drug-likeness (QED) is 0.287. The van der Waals surface area contributed by atoms with E-state index in [1.807, 2.05) is 13.8 Å². The first-order chi connectivity index (χ1) is 17.0. The zero-order valence-electron chi connectivity index (χ0n) is 19.6. The molecule has 186 valence electrons. The van der Waals surface area contributed by atoms with Gasteiger partial charge in [-0.25, -0.2) is 0 Å². The van der Waals surface area contributed by atoms with Gasteiger partial charge in [0.05, 0.1) is 17.3 Å². The van der Waals surface area contributed by atoms with Crippen molar-refractivity contribution in [2.24, 2.45) is 0 Å². The molecule has 3 aromatic rings. The summed E-state index contributed by atoms with van der Waals surface area (Å²) in [4.78, 5) is 27.3. The molecule has 4 rings (SSSR count). The molecule has 1 atom stereocenters. The van der Waals surface area contributed by atoms with E-state index >= 15 is 0 Å². The molecular weight excluding hydrogens is 475 g/mol. The van der Waals surface area contributed by atoms with E-state index in [0.717, 1.165) is 22.6 Å². The summed E-state index contributed by atoms with van der Waals surface area (Å²) in [5.74, 6) is -2.49. The lowest BCUT2D eigenvalue weighted by Crippen LogP contribution is -2.30. The van der Waals surface area contributed by atoms with Crippen molar-refractivity contribution in [3.8, 4) is 5.75 Å². The van der Waals surface area contributed by atoms with Crippen molar-refractivity contribution in [3.63, 3.8) is 0 Å². The fourth-order valence-electron chi connectivity index (χ4n) is 3.94. The number of aromatic nitrogens is 2. The Hall–Kier alpha value is -4.21. The fourth-order valence-corrected chi connectivity index (χ4v) is 3.94. The maximum absolute atomic E-state index is 13.2. The molecule has 0 saturated carbocycles. The van der Waals surface area contributed by atoms with E-state index in [1.165, 1.54) is 18.2 Å². The second-order valence-electron chi connectivity index (χ2n) is 8.60. The van der Waals surface area contributed by atoms with E-state index in [2.05, 4.69) is 14.9 Å². The molecule has 1 aromatic heterocycles. The van der Waals surface area contributed by atoms with Gasteiger partial charge in [0.1, 0.15) is 11.5 Å². The highest BCUT2D eigenvalue weighted by Crippen LogP contribution is 2.42. The number of hydrogen-bond acceptors (Lipinski definition) is 6. The normalized spacial score (nSPS) is 17.6. The van der Waals surface area contributed by atoms with Gasteiger partial charge < -0.3 is 9.84 Å². The zero-order valence-corrected chi connectivity index (χ0v) is 19.6. The molecule has 0 spiro atoms. The van der Waals surface area contributed by atoms with Crippen molar-refractivity contribution >= 4 is 23.3 Å². The highest BCUT2D eigenvalue weighted by atomic mass is 19.4. The number of rotatable bonds is 5. The highest BCUT2D eigenvalue weighted by molar-refractivity contribution is 6.51. The average molecular weight is 497 g/mol. The molecule has 1 saturated heterocycles. The third kappa shape index (κ3) is 4.93. The Morgan fingerprint density at radius 3 is 2.14 bits per heavy atom. The number of carbonyl (C=O) groups is 2. The van der Waals surface area contributed by atoms with Gasteiger partial charge in [-0.3, -0.25) is 14.5 Å². The van der Waals surface area contributed by atoms with Crippen molar-refractivity contribution in [2.45, 2.75) is 39.1 Å². The van der Waals surface area contributed by atoms with Gasteiger partial charge in [-0.2, -0.15) is 5.10 Å². The first-order valence-electron chi connectivity index (χ1n) is 11.0. The maximum atomic E-state index is 13.2. The molecule has 0 radical (unpaired) electrons. The summed E-state index contributed by atoms with van der Waals surface area (Å²) in [6, 6.07) is 13.6. The number of aliphatic hydroxyl groups is 1. The van der Waals surface area contributed by atoms with Gasteiger partial charge in [-0.15, -0.1) is 18.3 Å². The minimum absolute atomic E-state index is 0.0533. The number of ether oxygens (including phenoxy) is 1. The van der Waals surface area contributed by atoms with Crippen molar-refractivity contribution in [2.75, 3.05) is 4.90 Å². The summed E-state index contributed by atoms with van der Waals surface area (Å²) < 4.78 is 41.8. The molecule has 1 fully saturated rings. The van der Waals surface area contributed by atoms with Crippen molar-refractivity contribution in [1.82, 2.24) is 10.2 Å². The Morgan fingerprint density at radius 1 is 0.972 bits per heavy atom. The van der Waals surface area contributed by atoms with Crippen LogP contribution in [-0.2, 0) is 9.59 Å². The first kappa shape index (κ1) is 24.9. The molecule has 2 heterocycles. The number of ketones is 1. The third-order valence-corrected chi connectivity index (χ3v) is 5.76. The van der Waals surface area contributed by atoms with Crippen molar-refractivity contribution < 1.29 is 32.6 Å². The summed E-state index contributed by atoms with van der Waals surface area (Å²) in [5.41, 5.74) is 1.95. The van der Waals surface area contributed by atoms with Gasteiger partial charge >= 0.3 is 12.3 Å². The van der Waals surface area contributed by atoms with Crippen molar-refractivity contribution in [1.29, 1.82) is 0 Å². The number of carbonyl (C=O) groups excluding carboxylic acids is 2. The van der Waals surface area contributed by atoms with Crippen LogP contribution in [-0.4, -0.2) is 33.4 Å². The number of alkyl halides is 3. The first-order valence-corrected chi connectivity index (χ1v) is 11.0. The summed E-state index contributed by atoms with van der Waals surface area (Å²) >= 11 is 0. The zero-order chi connectivity index (χ0) is 26.2. The molecule has 0 aliphatic carbocycles. The Kier molecular flexibility index (Phi) is 6.53. The minimum atomic E-state index is -4.88. The molecule has 2 aromatic carbocycles. The van der Waals surface area contributed by atoms with Gasteiger partial charge in [0.2, 0.25) is 0 Å². The van der Waals surface area contributed by atoms with Crippen LogP contribution in [0.1, 0.15) is 48.2 Å². The summed E-state index contributed by atoms with van der Waals surface area (Å²) in [5, 5.41) is 19.1. The molecule has 7 nitrogen and oxygen atoms in total. The van der Waals surface area contributed by atoms with E-state index in [-0.39, 0.29) is 22.9 Å². The van der Waals surface area contributed by atoms with E-state index in [1.54, 1.807) is 37.3 Å². The van der Waals surface area contributed by atoms with E-state index in [9.17, 15) is 27.9 Å². The van der Waals surface area contributed by atoms with Crippen LogP contribution in [0, 0.1) is 6.92 Å². The molecular formula is C26H22F3N3O4. The van der Waals surface area contributed by atoms with E-state index < -0.39 is 35.6 Å². The number of aliphatic hydroxyl groups excluding tert-OH is 1. The summed E-state index contributed by atoms with van der Waals surface area (Å²) in [6.07, 6.45) is -4.88. The second-order valence-corrected chi connectivity index (χ2v) is 8.60. The molecule has 1 aliphatic rings. The van der Waals surface area contributed by atoms with E-state index in [4.69, 9.17) is 0 Å². The van der Waals surface area contributed by atoms with Gasteiger partial charge in [-0.1, -0.05) is 50.2 Å². The number of halogens is 3. The van der Waals surface area contributed by atoms with Crippen LogP contribution in [0.3, 0.4) is 0 Å². The molecule has 1 N–H and O–H groups in total. The van der Waals surface area contributed by atoms with Crippen LogP contribution in [0.15, 0.2) is 66.2 Å². The molecule has 36 heavy (non-hydrogen) atoms. The monoisotopic (exact) mass is 497 g/mol. The Bertz CT molecular complexity index is 1320. The van der Waals surface area contributed by atoms with Gasteiger partial charge in [-0.05, 0) is 48.2 Å². The van der Waals surface area contributed by atoms with Crippen LogP contribution >= 0.6 is 0 Å². The van der Waals surface area contributed by atoms with Crippen LogP contribution in [0.2, 0.25) is 0 Å². The summed E-state index contributed by atoms with van der Waals surface area (Å²) in [6.45, 7) is 5.72. The van der Waals surface area contributed by atoms with Gasteiger partial charge in [0, 0.05) is 5.56 Å². The number of nitrogens with zero attached hydrogens (tertiary/aromatic N) is 3. The summed E-state index contributed by atoms with van der Waals surface area (Å²) in [7, 11) is 0. The highest BCUT2D eigenvalue weighted by Gasteiger charge is 2.47. The van der Waals surface area contributed by atoms with Gasteiger partial charge in [0.25, 0.3) is 5.78 Å². The number of aryl methyl sites for hydroxylation is 1. The smallest absolute Gasteiger partial charge is 0.507 e. The lowest BCUT2D eigenvalue weighted by molar-refractivity contribution is -0.274. The minimum Gasteiger partial charge on any atom is -0.507 e.